The highest BCUT2D eigenvalue weighted by Crippen LogP contribution is 2.71. The Morgan fingerprint density at radius 2 is 1.97 bits per heavy atom. The van der Waals surface area contributed by atoms with Gasteiger partial charge in [-0.05, 0) is 54.7 Å². The highest BCUT2D eigenvalue weighted by atomic mass is 35.5. The molecule has 0 aromatic rings. The van der Waals surface area contributed by atoms with Gasteiger partial charge < -0.3 is 15.3 Å². The lowest BCUT2D eigenvalue weighted by molar-refractivity contribution is -0.181. The molecule has 0 amide bonds. The number of ketones is 2. The number of aliphatic hydroxyl groups excluding tert-OH is 2. The van der Waals surface area contributed by atoms with Gasteiger partial charge in [0.2, 0.25) is 0 Å². The van der Waals surface area contributed by atoms with Crippen molar-refractivity contribution in [2.75, 3.05) is 6.61 Å². The van der Waals surface area contributed by atoms with Gasteiger partial charge in [0.25, 0.3) is 0 Å². The van der Waals surface area contributed by atoms with Crippen LogP contribution in [0.15, 0.2) is 23.8 Å². The average molecular weight is 427 g/mol. The van der Waals surface area contributed by atoms with Crippen LogP contribution < -0.4 is 0 Å². The molecule has 29 heavy (non-hydrogen) atoms. The van der Waals surface area contributed by atoms with Gasteiger partial charge in [-0.15, -0.1) is 11.6 Å². The molecule has 0 aromatic heterocycles. The number of carbonyl (C=O) groups is 2. The zero-order chi connectivity index (χ0) is 21.6. The van der Waals surface area contributed by atoms with Crippen molar-refractivity contribution in [1.29, 1.82) is 0 Å². The summed E-state index contributed by atoms with van der Waals surface area (Å²) in [7, 11) is 0. The minimum atomic E-state index is -1.81. The summed E-state index contributed by atoms with van der Waals surface area (Å²) in [6.45, 7) is 4.46. The molecule has 0 saturated heterocycles. The van der Waals surface area contributed by atoms with Crippen LogP contribution >= 0.6 is 11.6 Å². The minimum absolute atomic E-state index is 0.0134. The molecule has 0 radical (unpaired) electrons. The van der Waals surface area contributed by atoms with Crippen LogP contribution in [0, 0.1) is 28.6 Å². The number of fused-ring (bicyclic) bond motifs is 5. The van der Waals surface area contributed by atoms with E-state index in [1.165, 1.54) is 12.2 Å². The first-order valence-electron chi connectivity index (χ1n) is 10.2. The largest absolute Gasteiger partial charge is 0.391 e. The van der Waals surface area contributed by atoms with E-state index in [1.807, 2.05) is 0 Å². The first-order chi connectivity index (χ1) is 13.4. The number of alkyl halides is 2. The summed E-state index contributed by atoms with van der Waals surface area (Å²) in [5, 5.41) is 32.3. The Balaban J connectivity index is 1.87. The Kier molecular flexibility index (Phi) is 4.54. The van der Waals surface area contributed by atoms with E-state index in [9.17, 15) is 24.9 Å². The minimum Gasteiger partial charge on any atom is -0.391 e. The van der Waals surface area contributed by atoms with Crippen LogP contribution in [0.4, 0.5) is 4.39 Å². The van der Waals surface area contributed by atoms with Crippen molar-refractivity contribution in [3.63, 3.8) is 0 Å². The van der Waals surface area contributed by atoms with Crippen LogP contribution in [0.25, 0.3) is 0 Å². The van der Waals surface area contributed by atoms with E-state index >= 15 is 4.39 Å². The lowest BCUT2D eigenvalue weighted by Gasteiger charge is -2.64. The molecule has 0 bridgehead atoms. The molecule has 0 aliphatic heterocycles. The molecule has 2 unspecified atom stereocenters. The van der Waals surface area contributed by atoms with Gasteiger partial charge in [-0.2, -0.15) is 0 Å². The Labute approximate surface area is 174 Å². The molecule has 4 aliphatic rings. The number of Topliss-reactive ketones (excluding diaryl/α,β-unsaturated/α-hetero) is 1. The van der Waals surface area contributed by atoms with Gasteiger partial charge in [-0.1, -0.05) is 26.8 Å². The molecular formula is C22H28ClFO5. The third-order valence-electron chi connectivity index (χ3n) is 8.78. The monoisotopic (exact) mass is 426 g/mol. The van der Waals surface area contributed by atoms with Crippen molar-refractivity contribution in [2.24, 2.45) is 28.6 Å². The fraction of sp³-hybridized carbons (Fsp3) is 0.727. The number of allylic oxidation sites excluding steroid dienone is 4. The van der Waals surface area contributed by atoms with Crippen LogP contribution in [-0.4, -0.2) is 56.2 Å². The number of hydrogen-bond acceptors (Lipinski definition) is 5. The van der Waals surface area contributed by atoms with Gasteiger partial charge in [-0.25, -0.2) is 4.39 Å². The average Bonchev–Trinajstić information content (AvgIpc) is 2.86. The molecule has 7 heteroatoms. The van der Waals surface area contributed by atoms with Crippen molar-refractivity contribution < 1.29 is 29.3 Å². The van der Waals surface area contributed by atoms with Crippen molar-refractivity contribution in [3.05, 3.63) is 23.8 Å². The SMILES string of the molecule is C[C@@H]1C[C@H]2[C@@H]3C[C@H](F)C4=CC(=O)C=C[C@]4(C)C3(Cl)C(O)C[C@]2(C)[C@@]1(O)C(=O)CO. The summed E-state index contributed by atoms with van der Waals surface area (Å²) < 4.78 is 15.3. The van der Waals surface area contributed by atoms with Gasteiger partial charge in [0.15, 0.2) is 11.6 Å². The van der Waals surface area contributed by atoms with E-state index in [1.54, 1.807) is 26.8 Å². The van der Waals surface area contributed by atoms with E-state index < -0.39 is 57.8 Å². The van der Waals surface area contributed by atoms with Crippen molar-refractivity contribution >= 4 is 23.2 Å². The standard InChI is InChI=1S/C22H28ClFO5/c1-11-6-13-14-8-16(24)15-7-12(26)4-5-19(15,2)21(14,23)17(27)9-20(13,3)22(11,29)18(28)10-25/h4-5,7,11,13-14,16-17,25,27,29H,6,8-10H2,1-3H3/t11-,13+,14+,16+,17?,19+,20+,21?,22+/m1/s1. The summed E-state index contributed by atoms with van der Waals surface area (Å²) in [5.41, 5.74) is -3.63. The number of hydrogen-bond donors (Lipinski definition) is 3. The molecule has 4 aliphatic carbocycles. The van der Waals surface area contributed by atoms with Crippen molar-refractivity contribution in [2.45, 2.75) is 62.8 Å². The molecule has 5 nitrogen and oxygen atoms in total. The number of rotatable bonds is 2. The molecule has 3 N–H and O–H groups in total. The number of aliphatic hydroxyl groups is 3. The lowest BCUT2D eigenvalue weighted by Crippen LogP contribution is -2.70. The normalized spacial score (nSPS) is 53.7. The Morgan fingerprint density at radius 1 is 1.31 bits per heavy atom. The maximum Gasteiger partial charge on any atom is 0.190 e. The second-order valence-corrected chi connectivity index (χ2v) is 10.5. The van der Waals surface area contributed by atoms with E-state index in [-0.39, 0.29) is 30.1 Å². The molecule has 4 rings (SSSR count). The van der Waals surface area contributed by atoms with Gasteiger partial charge in [0.05, 0.1) is 11.0 Å². The molecule has 3 saturated carbocycles. The molecule has 3 fully saturated rings. The predicted molar refractivity (Wildman–Crippen MR) is 105 cm³/mol. The molecule has 0 aromatic carbocycles. The zero-order valence-corrected chi connectivity index (χ0v) is 17.6. The summed E-state index contributed by atoms with van der Waals surface area (Å²) in [6, 6.07) is 0. The van der Waals surface area contributed by atoms with Gasteiger partial charge >= 0.3 is 0 Å². The fourth-order valence-electron chi connectivity index (χ4n) is 7.25. The first kappa shape index (κ1) is 21.2. The molecule has 0 heterocycles. The first-order valence-corrected chi connectivity index (χ1v) is 10.6. The van der Waals surface area contributed by atoms with Gasteiger partial charge in [-0.3, -0.25) is 9.59 Å². The summed E-state index contributed by atoms with van der Waals surface area (Å²) in [4.78, 5) is 23.2. The van der Waals surface area contributed by atoms with E-state index in [4.69, 9.17) is 11.6 Å². The smallest absolute Gasteiger partial charge is 0.190 e. The highest BCUT2D eigenvalue weighted by molar-refractivity contribution is 6.26. The van der Waals surface area contributed by atoms with Crippen LogP contribution in [0.3, 0.4) is 0 Å². The van der Waals surface area contributed by atoms with Gasteiger partial charge in [0, 0.05) is 10.8 Å². The fourth-order valence-corrected chi connectivity index (χ4v) is 7.74. The summed E-state index contributed by atoms with van der Waals surface area (Å²) in [5.74, 6) is -2.27. The van der Waals surface area contributed by atoms with Crippen molar-refractivity contribution in [1.82, 2.24) is 0 Å². The van der Waals surface area contributed by atoms with Gasteiger partial charge in [0.1, 0.15) is 18.4 Å². The zero-order valence-electron chi connectivity index (χ0n) is 16.9. The van der Waals surface area contributed by atoms with E-state index in [2.05, 4.69) is 0 Å². The lowest BCUT2D eigenvalue weighted by atomic mass is 9.45. The molecule has 160 valence electrons. The second kappa shape index (κ2) is 6.22. The number of carbonyl (C=O) groups excluding carboxylic acids is 2. The third-order valence-corrected chi connectivity index (χ3v) is 9.70. The summed E-state index contributed by atoms with van der Waals surface area (Å²) >= 11 is 7.20. The topological polar surface area (TPSA) is 94.8 Å². The third kappa shape index (κ3) is 2.26. The van der Waals surface area contributed by atoms with E-state index in [0.29, 0.717) is 6.42 Å². The Hall–Kier alpha value is -1.08. The number of halogens is 2. The van der Waals surface area contributed by atoms with Crippen LogP contribution in [0.2, 0.25) is 0 Å². The predicted octanol–water partition coefficient (Wildman–Crippen LogP) is 2.11. The molecular weight excluding hydrogens is 399 g/mol. The Bertz CT molecular complexity index is 841. The molecule has 9 atom stereocenters. The molecule has 0 spiro atoms. The summed E-state index contributed by atoms with van der Waals surface area (Å²) in [6.07, 6.45) is 2.21. The van der Waals surface area contributed by atoms with Crippen LogP contribution in [0.1, 0.15) is 40.0 Å². The maximum absolute atomic E-state index is 15.3. The maximum atomic E-state index is 15.3. The highest BCUT2D eigenvalue weighted by Gasteiger charge is 2.75. The Morgan fingerprint density at radius 3 is 2.59 bits per heavy atom. The quantitative estimate of drug-likeness (QED) is 0.588. The van der Waals surface area contributed by atoms with Crippen LogP contribution in [0.5, 0.6) is 0 Å². The van der Waals surface area contributed by atoms with Crippen LogP contribution in [-0.2, 0) is 9.59 Å². The van der Waals surface area contributed by atoms with Crippen molar-refractivity contribution in [3.8, 4) is 0 Å². The second-order valence-electron chi connectivity index (χ2n) is 9.84. The van der Waals surface area contributed by atoms with E-state index in [0.717, 1.165) is 0 Å².